The van der Waals surface area contributed by atoms with E-state index in [1.165, 1.54) is 12.1 Å². The topological polar surface area (TPSA) is 98.5 Å². The highest BCUT2D eigenvalue weighted by molar-refractivity contribution is 7.89. The van der Waals surface area contributed by atoms with E-state index in [0.717, 1.165) is 17.2 Å². The van der Waals surface area contributed by atoms with Crippen molar-refractivity contribution in [1.29, 1.82) is 0 Å². The standard InChI is InChI=1S/C18H22N2O5S/c1-13(2)25-12-16-7-5-4-6-15(16)11-19-26(23,24)18-10-17(20(21)22)9-8-14(18)3/h4-10,13,19H,11-12H2,1-3H3. The molecule has 0 aliphatic carbocycles. The Kier molecular flexibility index (Phi) is 6.47. The molecule has 7 nitrogen and oxygen atoms in total. The van der Waals surface area contributed by atoms with Crippen molar-refractivity contribution in [1.82, 2.24) is 4.72 Å². The highest BCUT2D eigenvalue weighted by atomic mass is 32.2. The van der Waals surface area contributed by atoms with Crippen molar-refractivity contribution in [3.05, 3.63) is 69.3 Å². The van der Waals surface area contributed by atoms with E-state index >= 15 is 0 Å². The lowest BCUT2D eigenvalue weighted by atomic mass is 10.1. The van der Waals surface area contributed by atoms with Crippen molar-refractivity contribution < 1.29 is 18.1 Å². The minimum atomic E-state index is -3.89. The molecule has 0 aromatic heterocycles. The molecule has 1 N–H and O–H groups in total. The van der Waals surface area contributed by atoms with Crippen LogP contribution in [-0.4, -0.2) is 19.4 Å². The van der Waals surface area contributed by atoms with E-state index in [1.807, 2.05) is 38.1 Å². The summed E-state index contributed by atoms with van der Waals surface area (Å²) in [6.45, 7) is 5.91. The second-order valence-electron chi connectivity index (χ2n) is 6.16. The van der Waals surface area contributed by atoms with E-state index in [4.69, 9.17) is 4.74 Å². The van der Waals surface area contributed by atoms with E-state index in [2.05, 4.69) is 4.72 Å². The van der Waals surface area contributed by atoms with E-state index in [0.29, 0.717) is 12.2 Å². The third kappa shape index (κ3) is 5.10. The maximum atomic E-state index is 12.6. The number of nitrogens with zero attached hydrogens (tertiary/aromatic N) is 1. The molecule has 0 saturated heterocycles. The molecule has 8 heteroatoms. The monoisotopic (exact) mass is 378 g/mol. The first-order valence-corrected chi connectivity index (χ1v) is 9.62. The summed E-state index contributed by atoms with van der Waals surface area (Å²) >= 11 is 0. The van der Waals surface area contributed by atoms with E-state index in [1.54, 1.807) is 6.92 Å². The summed E-state index contributed by atoms with van der Waals surface area (Å²) in [6.07, 6.45) is 0.0623. The van der Waals surface area contributed by atoms with Gasteiger partial charge in [0.05, 0.1) is 22.5 Å². The Hall–Kier alpha value is -2.29. The number of benzene rings is 2. The van der Waals surface area contributed by atoms with Crippen LogP contribution < -0.4 is 4.72 Å². The zero-order chi connectivity index (χ0) is 19.3. The Morgan fingerprint density at radius 1 is 1.15 bits per heavy atom. The normalized spacial score (nSPS) is 11.7. The number of nitro benzene ring substituents is 1. The molecule has 0 bridgehead atoms. The Labute approximate surface area is 153 Å². The number of sulfonamides is 1. The van der Waals surface area contributed by atoms with Crippen LogP contribution in [0.5, 0.6) is 0 Å². The van der Waals surface area contributed by atoms with Gasteiger partial charge < -0.3 is 4.74 Å². The molecule has 0 unspecified atom stereocenters. The molecule has 2 aromatic carbocycles. The maximum absolute atomic E-state index is 12.6. The first-order chi connectivity index (χ1) is 12.2. The van der Waals surface area contributed by atoms with Crippen LogP contribution >= 0.6 is 0 Å². The smallest absolute Gasteiger partial charge is 0.270 e. The van der Waals surface area contributed by atoms with Gasteiger partial charge in [0.25, 0.3) is 5.69 Å². The quantitative estimate of drug-likeness (QED) is 0.561. The fourth-order valence-corrected chi connectivity index (χ4v) is 3.64. The SMILES string of the molecule is Cc1ccc([N+](=O)[O-])cc1S(=O)(=O)NCc1ccccc1COC(C)C. The molecule has 0 heterocycles. The first-order valence-electron chi connectivity index (χ1n) is 8.14. The third-order valence-corrected chi connectivity index (χ3v) is 5.36. The van der Waals surface area contributed by atoms with Crippen molar-refractivity contribution in [2.75, 3.05) is 0 Å². The Balaban J connectivity index is 2.22. The molecular weight excluding hydrogens is 356 g/mol. The van der Waals surface area contributed by atoms with Gasteiger partial charge in [-0.1, -0.05) is 30.3 Å². The average molecular weight is 378 g/mol. The van der Waals surface area contributed by atoms with Gasteiger partial charge in [-0.05, 0) is 37.5 Å². The van der Waals surface area contributed by atoms with Crippen LogP contribution in [0.3, 0.4) is 0 Å². The van der Waals surface area contributed by atoms with Gasteiger partial charge in [0, 0.05) is 18.7 Å². The molecule has 0 spiro atoms. The number of hydrogen-bond donors (Lipinski definition) is 1. The van der Waals surface area contributed by atoms with Crippen LogP contribution in [0.2, 0.25) is 0 Å². The van der Waals surface area contributed by atoms with Gasteiger partial charge >= 0.3 is 0 Å². The summed E-state index contributed by atoms with van der Waals surface area (Å²) in [5.74, 6) is 0. The van der Waals surface area contributed by atoms with Gasteiger partial charge in [0.2, 0.25) is 10.0 Å². The summed E-state index contributed by atoms with van der Waals surface area (Å²) in [5, 5.41) is 10.9. The molecule has 0 aliphatic heterocycles. The van der Waals surface area contributed by atoms with Crippen LogP contribution in [-0.2, 0) is 27.9 Å². The molecule has 0 amide bonds. The van der Waals surface area contributed by atoms with Crippen molar-refractivity contribution in [2.45, 2.75) is 44.9 Å². The first kappa shape index (κ1) is 20.0. The van der Waals surface area contributed by atoms with Gasteiger partial charge in [0.1, 0.15) is 0 Å². The molecule has 0 aliphatic rings. The van der Waals surface area contributed by atoms with Crippen molar-refractivity contribution in [2.24, 2.45) is 0 Å². The van der Waals surface area contributed by atoms with E-state index < -0.39 is 14.9 Å². The van der Waals surface area contributed by atoms with Crippen LogP contribution in [0.25, 0.3) is 0 Å². The Morgan fingerprint density at radius 3 is 2.42 bits per heavy atom. The molecule has 26 heavy (non-hydrogen) atoms. The maximum Gasteiger partial charge on any atom is 0.270 e. The Bertz CT molecular complexity index is 894. The molecule has 2 aromatic rings. The summed E-state index contributed by atoms with van der Waals surface area (Å²) < 4.78 is 33.3. The highest BCUT2D eigenvalue weighted by Crippen LogP contribution is 2.22. The number of nitrogens with one attached hydrogen (secondary N) is 1. The van der Waals surface area contributed by atoms with Crippen LogP contribution in [0.1, 0.15) is 30.5 Å². The second-order valence-corrected chi connectivity index (χ2v) is 7.90. The zero-order valence-corrected chi connectivity index (χ0v) is 15.7. The third-order valence-electron chi connectivity index (χ3n) is 3.82. The molecule has 0 fully saturated rings. The second kappa shape index (κ2) is 8.39. The lowest BCUT2D eigenvalue weighted by Crippen LogP contribution is -2.24. The van der Waals surface area contributed by atoms with Crippen molar-refractivity contribution in [3.63, 3.8) is 0 Å². The van der Waals surface area contributed by atoms with Gasteiger partial charge in [-0.15, -0.1) is 0 Å². The number of non-ortho nitro benzene ring substituents is 1. The van der Waals surface area contributed by atoms with Gasteiger partial charge in [-0.25, -0.2) is 13.1 Å². The fourth-order valence-electron chi connectivity index (χ4n) is 2.37. The minimum absolute atomic E-state index is 0.0623. The predicted molar refractivity (Wildman–Crippen MR) is 98.2 cm³/mol. The molecule has 0 radical (unpaired) electrons. The summed E-state index contributed by atoms with van der Waals surface area (Å²) in [4.78, 5) is 10.2. The summed E-state index contributed by atoms with van der Waals surface area (Å²) in [6, 6.07) is 11.2. The highest BCUT2D eigenvalue weighted by Gasteiger charge is 2.20. The van der Waals surface area contributed by atoms with Crippen LogP contribution in [0.15, 0.2) is 47.4 Å². The van der Waals surface area contributed by atoms with Crippen molar-refractivity contribution >= 4 is 15.7 Å². The predicted octanol–water partition coefficient (Wildman–Crippen LogP) is 3.31. The minimum Gasteiger partial charge on any atom is -0.374 e. The average Bonchev–Trinajstić information content (AvgIpc) is 2.58. The lowest BCUT2D eigenvalue weighted by molar-refractivity contribution is -0.385. The Morgan fingerprint density at radius 2 is 1.81 bits per heavy atom. The molecular formula is C18H22N2O5S. The van der Waals surface area contributed by atoms with Gasteiger partial charge in [0.15, 0.2) is 0 Å². The number of ether oxygens (including phenoxy) is 1. The molecule has 0 saturated carbocycles. The van der Waals surface area contributed by atoms with Gasteiger partial charge in [-0.3, -0.25) is 10.1 Å². The lowest BCUT2D eigenvalue weighted by Gasteiger charge is -2.14. The number of nitro groups is 1. The summed E-state index contributed by atoms with van der Waals surface area (Å²) in [7, 11) is -3.89. The zero-order valence-electron chi connectivity index (χ0n) is 14.9. The number of aryl methyl sites for hydroxylation is 1. The fraction of sp³-hybridized carbons (Fsp3) is 0.333. The molecule has 140 valence electrons. The summed E-state index contributed by atoms with van der Waals surface area (Å²) in [5.41, 5.74) is 1.86. The molecule has 0 atom stereocenters. The van der Waals surface area contributed by atoms with Gasteiger partial charge in [-0.2, -0.15) is 0 Å². The number of hydrogen-bond acceptors (Lipinski definition) is 5. The number of rotatable bonds is 8. The van der Waals surface area contributed by atoms with E-state index in [9.17, 15) is 18.5 Å². The molecule has 2 rings (SSSR count). The van der Waals surface area contributed by atoms with E-state index in [-0.39, 0.29) is 23.2 Å². The van der Waals surface area contributed by atoms with Crippen LogP contribution in [0.4, 0.5) is 5.69 Å². The van der Waals surface area contributed by atoms with Crippen molar-refractivity contribution in [3.8, 4) is 0 Å². The largest absolute Gasteiger partial charge is 0.374 e. The van der Waals surface area contributed by atoms with Crippen LogP contribution in [0, 0.1) is 17.0 Å².